The van der Waals surface area contributed by atoms with Gasteiger partial charge in [0, 0.05) is 12.6 Å². The summed E-state index contributed by atoms with van der Waals surface area (Å²) in [4.78, 5) is 23.2. The van der Waals surface area contributed by atoms with Gasteiger partial charge in [-0.1, -0.05) is 23.7 Å². The first kappa shape index (κ1) is 17.7. The Balaban J connectivity index is 2.06. The molecule has 0 spiro atoms. The zero-order valence-electron chi connectivity index (χ0n) is 13.1. The van der Waals surface area contributed by atoms with Crippen molar-refractivity contribution < 1.29 is 18.7 Å². The lowest BCUT2D eigenvalue weighted by atomic mass is 10.2. The van der Waals surface area contributed by atoms with Gasteiger partial charge in [-0.25, -0.2) is 4.39 Å². The number of nitrogens with one attached hydrogen (secondary N) is 2. The number of rotatable bonds is 5. The minimum atomic E-state index is -0.820. The normalized spacial score (nSPS) is 11.5. The monoisotopic (exact) mass is 350 g/mol. The molecule has 7 heteroatoms. The molecule has 0 saturated heterocycles. The van der Waals surface area contributed by atoms with Gasteiger partial charge >= 0.3 is 0 Å². The molecule has 0 heterocycles. The van der Waals surface area contributed by atoms with Crippen molar-refractivity contribution in [2.24, 2.45) is 0 Å². The summed E-state index contributed by atoms with van der Waals surface area (Å²) in [6, 6.07) is 10.7. The maximum Gasteiger partial charge on any atom is 0.265 e. The summed E-state index contributed by atoms with van der Waals surface area (Å²) >= 11 is 5.98. The molecule has 126 valence electrons. The highest BCUT2D eigenvalue weighted by molar-refractivity contribution is 6.32. The van der Waals surface area contributed by atoms with Crippen molar-refractivity contribution in [3.8, 4) is 5.75 Å². The molecule has 2 N–H and O–H groups in total. The second-order valence-corrected chi connectivity index (χ2v) is 5.46. The predicted octanol–water partition coefficient (Wildman–Crippen LogP) is 3.84. The highest BCUT2D eigenvalue weighted by atomic mass is 35.5. The zero-order valence-corrected chi connectivity index (χ0v) is 13.9. The third kappa shape index (κ3) is 4.70. The van der Waals surface area contributed by atoms with E-state index in [1.54, 1.807) is 31.2 Å². The number of hydrogen-bond donors (Lipinski definition) is 2. The first-order valence-electron chi connectivity index (χ1n) is 7.16. The van der Waals surface area contributed by atoms with E-state index in [4.69, 9.17) is 16.3 Å². The zero-order chi connectivity index (χ0) is 17.7. The molecular weight excluding hydrogens is 335 g/mol. The summed E-state index contributed by atoms with van der Waals surface area (Å²) in [6.45, 7) is 2.83. The highest BCUT2D eigenvalue weighted by Gasteiger charge is 2.17. The fourth-order valence-electron chi connectivity index (χ4n) is 1.92. The number of para-hydroxylation sites is 1. The molecular formula is C17H16ClFN2O3. The molecule has 5 nitrogen and oxygen atoms in total. The van der Waals surface area contributed by atoms with Crippen LogP contribution in [0.3, 0.4) is 0 Å². The second kappa shape index (κ2) is 7.79. The number of hydrogen-bond acceptors (Lipinski definition) is 3. The van der Waals surface area contributed by atoms with Crippen molar-refractivity contribution in [2.75, 3.05) is 10.6 Å². The van der Waals surface area contributed by atoms with Crippen LogP contribution < -0.4 is 15.4 Å². The van der Waals surface area contributed by atoms with Crippen molar-refractivity contribution in [1.29, 1.82) is 0 Å². The maximum absolute atomic E-state index is 13.6. The van der Waals surface area contributed by atoms with E-state index in [2.05, 4.69) is 10.6 Å². The van der Waals surface area contributed by atoms with Gasteiger partial charge in [-0.05, 0) is 37.3 Å². The smallest absolute Gasteiger partial charge is 0.265 e. The van der Waals surface area contributed by atoms with E-state index >= 15 is 0 Å². The van der Waals surface area contributed by atoms with Crippen LogP contribution in [-0.4, -0.2) is 17.9 Å². The number of anilines is 2. The molecule has 0 saturated carbocycles. The Bertz CT molecular complexity index is 767. The summed E-state index contributed by atoms with van der Waals surface area (Å²) in [5.41, 5.74) is 0.319. The fraction of sp³-hybridized carbons (Fsp3) is 0.176. The quantitative estimate of drug-likeness (QED) is 0.860. The van der Waals surface area contributed by atoms with Crippen LogP contribution in [0.2, 0.25) is 5.02 Å². The molecule has 0 radical (unpaired) electrons. The molecule has 0 aromatic heterocycles. The van der Waals surface area contributed by atoms with Crippen LogP contribution in [0.5, 0.6) is 5.75 Å². The molecule has 2 amide bonds. The first-order chi connectivity index (χ1) is 11.4. The highest BCUT2D eigenvalue weighted by Crippen LogP contribution is 2.25. The average Bonchev–Trinajstić information content (AvgIpc) is 2.52. The molecule has 1 atom stereocenters. The van der Waals surface area contributed by atoms with E-state index in [1.165, 1.54) is 19.1 Å². The topological polar surface area (TPSA) is 67.4 Å². The third-order valence-electron chi connectivity index (χ3n) is 3.05. The Morgan fingerprint density at radius 1 is 1.17 bits per heavy atom. The Morgan fingerprint density at radius 2 is 1.88 bits per heavy atom. The molecule has 1 unspecified atom stereocenters. The molecule has 0 aliphatic carbocycles. The van der Waals surface area contributed by atoms with Crippen LogP contribution in [0.15, 0.2) is 42.5 Å². The van der Waals surface area contributed by atoms with Gasteiger partial charge in [0.25, 0.3) is 5.91 Å². The van der Waals surface area contributed by atoms with Crippen LogP contribution in [0.4, 0.5) is 15.8 Å². The molecule has 0 aliphatic rings. The summed E-state index contributed by atoms with van der Waals surface area (Å²) in [5.74, 6) is -1.05. The fourth-order valence-corrected chi connectivity index (χ4v) is 2.10. The lowest BCUT2D eigenvalue weighted by Crippen LogP contribution is -2.30. The third-order valence-corrected chi connectivity index (χ3v) is 3.37. The lowest BCUT2D eigenvalue weighted by molar-refractivity contribution is -0.122. The number of carbonyl (C=O) groups is 2. The molecule has 0 aliphatic heterocycles. The van der Waals surface area contributed by atoms with Crippen LogP contribution >= 0.6 is 11.6 Å². The number of benzene rings is 2. The van der Waals surface area contributed by atoms with Crippen LogP contribution in [0, 0.1) is 5.82 Å². The van der Waals surface area contributed by atoms with Gasteiger partial charge in [-0.15, -0.1) is 0 Å². The van der Waals surface area contributed by atoms with Gasteiger partial charge in [0.1, 0.15) is 11.6 Å². The van der Waals surface area contributed by atoms with Gasteiger partial charge < -0.3 is 15.4 Å². The Labute approximate surface area is 143 Å². The van der Waals surface area contributed by atoms with E-state index in [-0.39, 0.29) is 5.69 Å². The molecule has 2 rings (SSSR count). The van der Waals surface area contributed by atoms with Crippen LogP contribution in [0.25, 0.3) is 0 Å². The molecule has 24 heavy (non-hydrogen) atoms. The van der Waals surface area contributed by atoms with E-state index in [0.29, 0.717) is 16.5 Å². The summed E-state index contributed by atoms with van der Waals surface area (Å²) in [5, 5.41) is 5.34. The number of carbonyl (C=O) groups excluding carboxylic acids is 2. The van der Waals surface area contributed by atoms with Gasteiger partial charge in [-0.2, -0.15) is 0 Å². The maximum atomic E-state index is 13.6. The van der Waals surface area contributed by atoms with Gasteiger partial charge in [0.2, 0.25) is 5.91 Å². The van der Waals surface area contributed by atoms with Gasteiger partial charge in [0.05, 0.1) is 10.7 Å². The second-order valence-electron chi connectivity index (χ2n) is 5.06. The summed E-state index contributed by atoms with van der Waals surface area (Å²) < 4.78 is 19.1. The minimum absolute atomic E-state index is 0.0139. The summed E-state index contributed by atoms with van der Waals surface area (Å²) in [6.07, 6.45) is -0.820. The van der Waals surface area contributed by atoms with Gasteiger partial charge in [-0.3, -0.25) is 9.59 Å². The minimum Gasteiger partial charge on any atom is -0.479 e. The Hall–Kier alpha value is -2.60. The predicted molar refractivity (Wildman–Crippen MR) is 90.9 cm³/mol. The van der Waals surface area contributed by atoms with Crippen molar-refractivity contribution in [3.05, 3.63) is 53.3 Å². The average molecular weight is 351 g/mol. The van der Waals surface area contributed by atoms with Crippen molar-refractivity contribution in [2.45, 2.75) is 20.0 Å². The number of ether oxygens (including phenoxy) is 1. The molecule has 2 aromatic carbocycles. The SMILES string of the molecule is CC(=O)Nc1cc(NC(=O)C(C)Oc2ccccc2Cl)ccc1F. The van der Waals surface area contributed by atoms with E-state index in [9.17, 15) is 14.0 Å². The Kier molecular flexibility index (Phi) is 5.76. The molecule has 2 aromatic rings. The molecule has 0 bridgehead atoms. The van der Waals surface area contributed by atoms with Crippen LogP contribution in [-0.2, 0) is 9.59 Å². The summed E-state index contributed by atoms with van der Waals surface area (Å²) in [7, 11) is 0. The number of amides is 2. The van der Waals surface area contributed by atoms with E-state index in [0.717, 1.165) is 6.07 Å². The first-order valence-corrected chi connectivity index (χ1v) is 7.54. The van der Waals surface area contributed by atoms with Gasteiger partial charge in [0.15, 0.2) is 6.10 Å². The van der Waals surface area contributed by atoms with Crippen molar-refractivity contribution in [3.63, 3.8) is 0 Å². The standard InChI is InChI=1S/C17H16ClFN2O3/c1-10(24-16-6-4-3-5-13(16)18)17(23)21-12-7-8-14(19)15(9-12)20-11(2)22/h3-10H,1-2H3,(H,20,22)(H,21,23). The van der Waals surface area contributed by atoms with Crippen molar-refractivity contribution >= 4 is 34.8 Å². The Morgan fingerprint density at radius 3 is 2.54 bits per heavy atom. The lowest BCUT2D eigenvalue weighted by Gasteiger charge is -2.16. The largest absolute Gasteiger partial charge is 0.479 e. The van der Waals surface area contributed by atoms with E-state index < -0.39 is 23.7 Å². The van der Waals surface area contributed by atoms with Crippen molar-refractivity contribution in [1.82, 2.24) is 0 Å². The van der Waals surface area contributed by atoms with Crippen LogP contribution in [0.1, 0.15) is 13.8 Å². The molecule has 0 fully saturated rings. The van der Waals surface area contributed by atoms with E-state index in [1.807, 2.05) is 0 Å². The number of halogens is 2.